The molecule has 0 fully saturated rings. The number of benzene rings is 1. The van der Waals surface area contributed by atoms with Gasteiger partial charge in [0.25, 0.3) is 0 Å². The van der Waals surface area contributed by atoms with Crippen LogP contribution in [0, 0.1) is 6.92 Å². The first-order valence-electron chi connectivity index (χ1n) is 4.61. The second kappa shape index (κ2) is 4.31. The molecule has 19 heavy (non-hydrogen) atoms. The van der Waals surface area contributed by atoms with Gasteiger partial charge in [-0.15, -0.1) is 0 Å². The van der Waals surface area contributed by atoms with Crippen LogP contribution in [0.25, 0.3) is 0 Å². The van der Waals surface area contributed by atoms with Crippen LogP contribution in [0.3, 0.4) is 0 Å². The standard InChI is InChI=1S/C10H5F9/c1-4-5(8(11,12)13)2-3-6(9(14,15)16)7(4)10(17,18)19/h2-3H,1H3. The van der Waals surface area contributed by atoms with Crippen LogP contribution in [0.4, 0.5) is 39.5 Å². The van der Waals surface area contributed by atoms with Crippen molar-refractivity contribution in [1.82, 2.24) is 0 Å². The van der Waals surface area contributed by atoms with E-state index in [0.717, 1.165) is 0 Å². The van der Waals surface area contributed by atoms with Gasteiger partial charge in [-0.25, -0.2) is 0 Å². The van der Waals surface area contributed by atoms with E-state index in [9.17, 15) is 39.5 Å². The van der Waals surface area contributed by atoms with Gasteiger partial charge in [0, 0.05) is 0 Å². The number of halogens is 9. The van der Waals surface area contributed by atoms with Gasteiger partial charge in [0.15, 0.2) is 0 Å². The fourth-order valence-electron chi connectivity index (χ4n) is 1.62. The summed E-state index contributed by atoms with van der Waals surface area (Å²) < 4.78 is 112. The van der Waals surface area contributed by atoms with E-state index >= 15 is 0 Å². The lowest BCUT2D eigenvalue weighted by atomic mass is 9.95. The largest absolute Gasteiger partial charge is 0.417 e. The molecule has 1 aromatic rings. The molecule has 0 radical (unpaired) electrons. The fourth-order valence-corrected chi connectivity index (χ4v) is 1.62. The lowest BCUT2D eigenvalue weighted by Crippen LogP contribution is -2.21. The zero-order valence-electron chi connectivity index (χ0n) is 9.06. The zero-order valence-corrected chi connectivity index (χ0v) is 9.06. The van der Waals surface area contributed by atoms with Gasteiger partial charge in [0.1, 0.15) is 0 Å². The van der Waals surface area contributed by atoms with Crippen molar-refractivity contribution in [1.29, 1.82) is 0 Å². The van der Waals surface area contributed by atoms with Crippen LogP contribution in [0.15, 0.2) is 12.1 Å². The fraction of sp³-hybridized carbons (Fsp3) is 0.400. The maximum Gasteiger partial charge on any atom is 0.417 e. The van der Waals surface area contributed by atoms with E-state index in [4.69, 9.17) is 0 Å². The van der Waals surface area contributed by atoms with Gasteiger partial charge in [-0.1, -0.05) is 0 Å². The van der Waals surface area contributed by atoms with Crippen LogP contribution in [0.5, 0.6) is 0 Å². The van der Waals surface area contributed by atoms with Crippen molar-refractivity contribution in [3.63, 3.8) is 0 Å². The Morgan fingerprint density at radius 3 is 1.32 bits per heavy atom. The highest BCUT2D eigenvalue weighted by atomic mass is 19.4. The lowest BCUT2D eigenvalue weighted by molar-refractivity contribution is -0.164. The summed E-state index contributed by atoms with van der Waals surface area (Å²) in [4.78, 5) is 0. The summed E-state index contributed by atoms with van der Waals surface area (Å²) >= 11 is 0. The van der Waals surface area contributed by atoms with Crippen molar-refractivity contribution in [2.24, 2.45) is 0 Å². The summed E-state index contributed by atoms with van der Waals surface area (Å²) in [6.45, 7) is 0.362. The molecule has 0 N–H and O–H groups in total. The molecule has 0 saturated heterocycles. The molecule has 9 heteroatoms. The summed E-state index contributed by atoms with van der Waals surface area (Å²) in [5.74, 6) is 0. The Labute approximate surface area is 100 Å². The smallest absolute Gasteiger partial charge is 0.166 e. The summed E-state index contributed by atoms with van der Waals surface area (Å²) in [5, 5.41) is 0. The van der Waals surface area contributed by atoms with Gasteiger partial charge >= 0.3 is 18.5 Å². The van der Waals surface area contributed by atoms with Crippen molar-refractivity contribution < 1.29 is 39.5 Å². The molecule has 0 amide bonds. The zero-order chi connectivity index (χ0) is 15.2. The van der Waals surface area contributed by atoms with Crippen LogP contribution in [0.1, 0.15) is 22.3 Å². The minimum absolute atomic E-state index is 0.00655. The molecule has 0 aliphatic heterocycles. The third-order valence-corrected chi connectivity index (χ3v) is 2.36. The normalized spacial score (nSPS) is 13.8. The highest BCUT2D eigenvalue weighted by molar-refractivity contribution is 5.44. The van der Waals surface area contributed by atoms with E-state index in [2.05, 4.69) is 0 Å². The van der Waals surface area contributed by atoms with Gasteiger partial charge in [-0.3, -0.25) is 0 Å². The molecule has 1 rings (SSSR count). The van der Waals surface area contributed by atoms with Gasteiger partial charge in [0.2, 0.25) is 0 Å². The van der Waals surface area contributed by atoms with Gasteiger partial charge in [-0.05, 0) is 24.6 Å². The molecule has 0 unspecified atom stereocenters. The third-order valence-electron chi connectivity index (χ3n) is 2.36. The topological polar surface area (TPSA) is 0 Å². The third kappa shape index (κ3) is 3.13. The van der Waals surface area contributed by atoms with E-state index in [1.165, 1.54) is 0 Å². The minimum atomic E-state index is -5.53. The Balaban J connectivity index is 3.71. The van der Waals surface area contributed by atoms with Crippen molar-refractivity contribution in [3.05, 3.63) is 34.4 Å². The summed E-state index contributed by atoms with van der Waals surface area (Å²) in [5.41, 5.74) is -7.68. The van der Waals surface area contributed by atoms with E-state index < -0.39 is 40.8 Å². The van der Waals surface area contributed by atoms with E-state index in [-0.39, 0.29) is 12.1 Å². The number of hydrogen-bond acceptors (Lipinski definition) is 0. The monoisotopic (exact) mass is 296 g/mol. The molecule has 0 nitrogen and oxygen atoms in total. The summed E-state index contributed by atoms with van der Waals surface area (Å²) in [6, 6.07) is -0.216. The van der Waals surface area contributed by atoms with Crippen molar-refractivity contribution in [3.8, 4) is 0 Å². The maximum absolute atomic E-state index is 12.5. The van der Waals surface area contributed by atoms with E-state index in [1.807, 2.05) is 0 Å². The average molecular weight is 296 g/mol. The molecule has 0 heterocycles. The molecule has 0 spiro atoms. The predicted octanol–water partition coefficient (Wildman–Crippen LogP) is 5.05. The second-order valence-corrected chi connectivity index (χ2v) is 3.65. The summed E-state index contributed by atoms with van der Waals surface area (Å²) in [6.07, 6.45) is -16.1. The molecule has 0 saturated carbocycles. The Morgan fingerprint density at radius 2 is 1.00 bits per heavy atom. The number of hydrogen-bond donors (Lipinski definition) is 0. The van der Waals surface area contributed by atoms with Crippen molar-refractivity contribution in [2.75, 3.05) is 0 Å². The molecule has 1 aromatic carbocycles. The van der Waals surface area contributed by atoms with Crippen LogP contribution >= 0.6 is 0 Å². The number of rotatable bonds is 0. The van der Waals surface area contributed by atoms with Gasteiger partial charge in [-0.2, -0.15) is 39.5 Å². The molecule has 108 valence electrons. The van der Waals surface area contributed by atoms with E-state index in [1.54, 1.807) is 0 Å². The Kier molecular flexibility index (Phi) is 3.55. The second-order valence-electron chi connectivity index (χ2n) is 3.65. The minimum Gasteiger partial charge on any atom is -0.166 e. The molecule has 0 atom stereocenters. The molecular formula is C10H5F9. The number of alkyl halides is 9. The van der Waals surface area contributed by atoms with Crippen LogP contribution in [0.2, 0.25) is 0 Å². The molecule has 0 aromatic heterocycles. The molecule has 0 aliphatic rings. The van der Waals surface area contributed by atoms with Gasteiger partial charge in [0.05, 0.1) is 16.7 Å². The van der Waals surface area contributed by atoms with Crippen LogP contribution in [-0.2, 0) is 18.5 Å². The highest BCUT2D eigenvalue weighted by Crippen LogP contribution is 2.45. The predicted molar refractivity (Wildman–Crippen MR) is 46.2 cm³/mol. The first kappa shape index (κ1) is 15.6. The SMILES string of the molecule is Cc1c(C(F)(F)F)ccc(C(F)(F)F)c1C(F)(F)F. The van der Waals surface area contributed by atoms with Crippen LogP contribution in [-0.4, -0.2) is 0 Å². The van der Waals surface area contributed by atoms with Crippen LogP contribution < -0.4 is 0 Å². The Morgan fingerprint density at radius 1 is 0.632 bits per heavy atom. The van der Waals surface area contributed by atoms with Crippen molar-refractivity contribution >= 4 is 0 Å². The first-order valence-corrected chi connectivity index (χ1v) is 4.61. The first-order chi connectivity index (χ1) is 8.26. The molecule has 0 aliphatic carbocycles. The Bertz CT molecular complexity index is 475. The molecular weight excluding hydrogens is 291 g/mol. The lowest BCUT2D eigenvalue weighted by Gasteiger charge is -2.21. The molecule has 0 bridgehead atoms. The quantitative estimate of drug-likeness (QED) is 0.588. The average Bonchev–Trinajstić information content (AvgIpc) is 2.11. The Hall–Kier alpha value is -1.41. The summed E-state index contributed by atoms with van der Waals surface area (Å²) in [7, 11) is 0. The van der Waals surface area contributed by atoms with E-state index in [0.29, 0.717) is 6.92 Å². The van der Waals surface area contributed by atoms with Crippen molar-refractivity contribution in [2.45, 2.75) is 25.5 Å². The highest BCUT2D eigenvalue weighted by Gasteiger charge is 2.47. The van der Waals surface area contributed by atoms with Gasteiger partial charge < -0.3 is 0 Å². The maximum atomic E-state index is 12.5.